The third kappa shape index (κ3) is 8.36. The quantitative estimate of drug-likeness (QED) is 0.468. The standard InChI is InChI=1S/C7H16N2O3S2/c1-6(2)12-4-3-9-14(10,11)5-7(8)13/h6,9H,3-5H2,1-2H3,(H2,8,13). The smallest absolute Gasteiger partial charge is 0.218 e. The summed E-state index contributed by atoms with van der Waals surface area (Å²) >= 11 is 4.49. The van der Waals surface area contributed by atoms with Crippen LogP contribution in [0, 0.1) is 0 Å². The van der Waals surface area contributed by atoms with Crippen molar-refractivity contribution in [3.05, 3.63) is 0 Å². The summed E-state index contributed by atoms with van der Waals surface area (Å²) in [5, 5.41) is 0. The zero-order valence-electron chi connectivity index (χ0n) is 8.32. The second-order valence-electron chi connectivity index (χ2n) is 3.04. The summed E-state index contributed by atoms with van der Waals surface area (Å²) in [7, 11) is -3.37. The van der Waals surface area contributed by atoms with E-state index >= 15 is 0 Å². The fraction of sp³-hybridized carbons (Fsp3) is 0.857. The molecule has 0 spiro atoms. The van der Waals surface area contributed by atoms with Gasteiger partial charge in [-0.15, -0.1) is 0 Å². The lowest BCUT2D eigenvalue weighted by atomic mass is 10.5. The van der Waals surface area contributed by atoms with Gasteiger partial charge in [-0.2, -0.15) is 0 Å². The van der Waals surface area contributed by atoms with Crippen LogP contribution in [-0.4, -0.2) is 38.4 Å². The minimum absolute atomic E-state index is 0.0396. The predicted molar refractivity (Wildman–Crippen MR) is 59.7 cm³/mol. The van der Waals surface area contributed by atoms with Gasteiger partial charge in [-0.25, -0.2) is 13.1 Å². The van der Waals surface area contributed by atoms with E-state index in [1.165, 1.54) is 0 Å². The number of rotatable bonds is 7. The summed E-state index contributed by atoms with van der Waals surface area (Å²) in [6, 6.07) is 0. The van der Waals surface area contributed by atoms with Gasteiger partial charge in [0.05, 0.1) is 17.7 Å². The Bertz CT molecular complexity index is 275. The number of ether oxygens (including phenoxy) is 1. The highest BCUT2D eigenvalue weighted by Gasteiger charge is 2.10. The summed E-state index contributed by atoms with van der Waals surface area (Å²) in [6.07, 6.45) is 0.0927. The SMILES string of the molecule is CC(C)OCCNS(=O)(=O)CC(N)=S. The zero-order valence-corrected chi connectivity index (χ0v) is 9.95. The van der Waals surface area contributed by atoms with Gasteiger partial charge in [0.1, 0.15) is 5.75 Å². The molecule has 14 heavy (non-hydrogen) atoms. The molecule has 0 saturated heterocycles. The maximum Gasteiger partial charge on any atom is 0.218 e. The first kappa shape index (κ1) is 13.8. The number of nitrogens with one attached hydrogen (secondary N) is 1. The van der Waals surface area contributed by atoms with Crippen molar-refractivity contribution in [1.82, 2.24) is 4.72 Å². The molecular weight excluding hydrogens is 224 g/mol. The van der Waals surface area contributed by atoms with Crippen molar-refractivity contribution in [2.75, 3.05) is 18.9 Å². The minimum atomic E-state index is -3.37. The monoisotopic (exact) mass is 240 g/mol. The Kier molecular flexibility index (Phi) is 6.17. The highest BCUT2D eigenvalue weighted by molar-refractivity contribution is 7.92. The van der Waals surface area contributed by atoms with Gasteiger partial charge in [-0.05, 0) is 13.8 Å². The van der Waals surface area contributed by atoms with Crippen molar-refractivity contribution in [2.24, 2.45) is 5.73 Å². The zero-order chi connectivity index (χ0) is 11.2. The number of hydrogen-bond acceptors (Lipinski definition) is 4. The maximum absolute atomic E-state index is 11.2. The van der Waals surface area contributed by atoms with Gasteiger partial charge in [0.15, 0.2) is 0 Å². The van der Waals surface area contributed by atoms with Gasteiger partial charge < -0.3 is 10.5 Å². The molecule has 0 saturated carbocycles. The second-order valence-corrected chi connectivity index (χ2v) is 5.37. The molecule has 0 aromatic heterocycles. The topological polar surface area (TPSA) is 81.4 Å². The van der Waals surface area contributed by atoms with Gasteiger partial charge >= 0.3 is 0 Å². The van der Waals surface area contributed by atoms with Gasteiger partial charge in [-0.3, -0.25) is 0 Å². The van der Waals surface area contributed by atoms with Crippen molar-refractivity contribution < 1.29 is 13.2 Å². The van der Waals surface area contributed by atoms with Crippen molar-refractivity contribution in [2.45, 2.75) is 20.0 Å². The summed E-state index contributed by atoms with van der Waals surface area (Å²) < 4.78 is 29.8. The van der Waals surface area contributed by atoms with Crippen LogP contribution in [0.15, 0.2) is 0 Å². The molecule has 0 aromatic carbocycles. The molecule has 0 bridgehead atoms. The minimum Gasteiger partial charge on any atom is -0.392 e. The lowest BCUT2D eigenvalue weighted by molar-refractivity contribution is 0.0834. The number of nitrogens with two attached hydrogens (primary N) is 1. The second kappa shape index (κ2) is 6.28. The molecule has 5 nitrogen and oxygen atoms in total. The molecule has 0 aliphatic carbocycles. The molecule has 0 atom stereocenters. The summed E-state index contributed by atoms with van der Waals surface area (Å²) in [5.41, 5.74) is 5.11. The van der Waals surface area contributed by atoms with E-state index in [2.05, 4.69) is 16.9 Å². The van der Waals surface area contributed by atoms with Crippen molar-refractivity contribution >= 4 is 27.2 Å². The highest BCUT2D eigenvalue weighted by atomic mass is 32.2. The van der Waals surface area contributed by atoms with Gasteiger partial charge in [0.2, 0.25) is 10.0 Å². The first-order valence-electron chi connectivity index (χ1n) is 4.21. The Morgan fingerprint density at radius 3 is 2.57 bits per heavy atom. The molecular formula is C7H16N2O3S2. The highest BCUT2D eigenvalue weighted by Crippen LogP contribution is 1.87. The summed E-state index contributed by atoms with van der Waals surface area (Å²) in [5.74, 6) is -0.315. The maximum atomic E-state index is 11.2. The van der Waals surface area contributed by atoms with E-state index in [4.69, 9.17) is 10.5 Å². The van der Waals surface area contributed by atoms with Crippen LogP contribution in [0.2, 0.25) is 0 Å². The number of thiocarbonyl (C=S) groups is 1. The molecule has 7 heteroatoms. The molecule has 0 aliphatic heterocycles. The molecule has 84 valence electrons. The van der Waals surface area contributed by atoms with E-state index < -0.39 is 10.0 Å². The van der Waals surface area contributed by atoms with Crippen molar-refractivity contribution in [3.8, 4) is 0 Å². The van der Waals surface area contributed by atoms with E-state index in [1.807, 2.05) is 13.8 Å². The van der Waals surface area contributed by atoms with E-state index in [0.717, 1.165) is 0 Å². The third-order valence-corrected chi connectivity index (χ3v) is 2.87. The fourth-order valence-electron chi connectivity index (χ4n) is 0.730. The average Bonchev–Trinajstić information content (AvgIpc) is 1.95. The van der Waals surface area contributed by atoms with E-state index in [0.29, 0.717) is 6.61 Å². The van der Waals surface area contributed by atoms with Crippen molar-refractivity contribution in [1.29, 1.82) is 0 Å². The predicted octanol–water partition coefficient (Wildman–Crippen LogP) is -0.383. The fourth-order valence-corrected chi connectivity index (χ4v) is 2.07. The van der Waals surface area contributed by atoms with E-state index in [9.17, 15) is 8.42 Å². The molecule has 0 rings (SSSR count). The molecule has 0 aromatic rings. The van der Waals surface area contributed by atoms with Crippen LogP contribution in [-0.2, 0) is 14.8 Å². The van der Waals surface area contributed by atoms with Gasteiger partial charge in [0.25, 0.3) is 0 Å². The lowest BCUT2D eigenvalue weighted by Crippen LogP contribution is -2.34. The van der Waals surface area contributed by atoms with Crippen LogP contribution in [0.1, 0.15) is 13.8 Å². The van der Waals surface area contributed by atoms with Crippen LogP contribution in [0.5, 0.6) is 0 Å². The Morgan fingerprint density at radius 2 is 2.14 bits per heavy atom. The third-order valence-electron chi connectivity index (χ3n) is 1.21. The van der Waals surface area contributed by atoms with Crippen molar-refractivity contribution in [3.63, 3.8) is 0 Å². The summed E-state index contributed by atoms with van der Waals surface area (Å²) in [4.78, 5) is -0.0396. The lowest BCUT2D eigenvalue weighted by Gasteiger charge is -2.08. The molecule has 0 radical (unpaired) electrons. The molecule has 0 aliphatic rings. The first-order valence-corrected chi connectivity index (χ1v) is 6.27. The molecule has 3 N–H and O–H groups in total. The van der Waals surface area contributed by atoms with Crippen LogP contribution < -0.4 is 10.5 Å². The number of sulfonamides is 1. The number of hydrogen-bond donors (Lipinski definition) is 2. The normalized spacial score (nSPS) is 11.9. The van der Waals surface area contributed by atoms with E-state index in [1.54, 1.807) is 0 Å². The van der Waals surface area contributed by atoms with Gasteiger partial charge in [0, 0.05) is 6.54 Å². The molecule has 0 heterocycles. The summed E-state index contributed by atoms with van der Waals surface area (Å²) in [6.45, 7) is 4.34. The Hall–Kier alpha value is -0.240. The average molecular weight is 240 g/mol. The first-order chi connectivity index (χ1) is 6.33. The van der Waals surface area contributed by atoms with Crippen LogP contribution in [0.3, 0.4) is 0 Å². The Balaban J connectivity index is 3.72. The van der Waals surface area contributed by atoms with E-state index in [-0.39, 0.29) is 23.4 Å². The Morgan fingerprint density at radius 1 is 1.57 bits per heavy atom. The Labute approximate surface area is 90.1 Å². The van der Waals surface area contributed by atoms with Crippen LogP contribution in [0.4, 0.5) is 0 Å². The van der Waals surface area contributed by atoms with Crippen LogP contribution in [0.25, 0.3) is 0 Å². The van der Waals surface area contributed by atoms with Gasteiger partial charge in [-0.1, -0.05) is 12.2 Å². The molecule has 0 unspecified atom stereocenters. The van der Waals surface area contributed by atoms with Crippen LogP contribution >= 0.6 is 12.2 Å². The largest absolute Gasteiger partial charge is 0.392 e. The molecule has 0 fully saturated rings. The molecule has 0 amide bonds.